The van der Waals surface area contributed by atoms with Crippen LogP contribution in [0, 0.1) is 5.92 Å². The smallest absolute Gasteiger partial charge is 0.231 e. The Morgan fingerprint density at radius 1 is 1.36 bits per heavy atom. The predicted molar refractivity (Wildman–Crippen MR) is 93.5 cm³/mol. The van der Waals surface area contributed by atoms with Crippen LogP contribution in [-0.4, -0.2) is 33.6 Å². The van der Waals surface area contributed by atoms with Crippen molar-refractivity contribution < 1.29 is 9.21 Å². The summed E-state index contributed by atoms with van der Waals surface area (Å²) in [5.74, 6) is 1.42. The summed E-state index contributed by atoms with van der Waals surface area (Å²) < 4.78 is 7.12. The minimum Gasteiger partial charge on any atom is -0.467 e. The van der Waals surface area contributed by atoms with E-state index in [1.165, 1.54) is 0 Å². The summed E-state index contributed by atoms with van der Waals surface area (Å²) in [6, 6.07) is 7.31. The molecule has 1 atom stereocenters. The minimum absolute atomic E-state index is 0.0351. The molecule has 1 fully saturated rings. The fraction of sp³-hybridized carbons (Fsp3) is 0.353. The molecule has 130 valence electrons. The van der Waals surface area contributed by atoms with Gasteiger partial charge in [-0.1, -0.05) is 11.6 Å². The lowest BCUT2D eigenvalue weighted by Gasteiger charge is -2.31. The van der Waals surface area contributed by atoms with E-state index in [0.29, 0.717) is 23.8 Å². The van der Waals surface area contributed by atoms with Crippen molar-refractivity contribution in [1.29, 1.82) is 0 Å². The van der Waals surface area contributed by atoms with Gasteiger partial charge >= 0.3 is 0 Å². The van der Waals surface area contributed by atoms with Crippen molar-refractivity contribution in [2.75, 3.05) is 18.0 Å². The summed E-state index contributed by atoms with van der Waals surface area (Å²) in [6.45, 7) is 1.86. The third-order valence-electron chi connectivity index (χ3n) is 4.46. The number of aromatic nitrogens is 3. The minimum atomic E-state index is -0.0877. The molecule has 1 amide bonds. The van der Waals surface area contributed by atoms with Crippen LogP contribution in [0.4, 0.5) is 5.95 Å². The molecule has 4 heterocycles. The molecule has 0 saturated carbocycles. The Labute approximate surface area is 149 Å². The highest BCUT2D eigenvalue weighted by Crippen LogP contribution is 2.25. The lowest BCUT2D eigenvalue weighted by Crippen LogP contribution is -2.43. The SMILES string of the molecule is O=C(NCc1ccco1)C1CCCN(c2nnc3c(Cl)cccn23)C1. The van der Waals surface area contributed by atoms with E-state index < -0.39 is 0 Å². The van der Waals surface area contributed by atoms with Crippen LogP contribution in [0.25, 0.3) is 5.65 Å². The highest BCUT2D eigenvalue weighted by Gasteiger charge is 2.28. The summed E-state index contributed by atoms with van der Waals surface area (Å²) in [7, 11) is 0. The van der Waals surface area contributed by atoms with Gasteiger partial charge in [-0.15, -0.1) is 10.2 Å². The van der Waals surface area contributed by atoms with Gasteiger partial charge in [0.2, 0.25) is 11.9 Å². The molecule has 1 aliphatic rings. The summed E-state index contributed by atoms with van der Waals surface area (Å²) in [5.41, 5.74) is 0.628. The number of halogens is 1. The molecular formula is C17H18ClN5O2. The number of rotatable bonds is 4. The molecule has 0 spiro atoms. The number of nitrogens with one attached hydrogen (secondary N) is 1. The van der Waals surface area contributed by atoms with Crippen LogP contribution < -0.4 is 10.2 Å². The number of fused-ring (bicyclic) bond motifs is 1. The lowest BCUT2D eigenvalue weighted by molar-refractivity contribution is -0.125. The van der Waals surface area contributed by atoms with Crippen molar-refractivity contribution >= 4 is 29.1 Å². The molecule has 4 rings (SSSR count). The molecule has 25 heavy (non-hydrogen) atoms. The number of anilines is 1. The molecule has 0 aliphatic carbocycles. The Kier molecular flexibility index (Phi) is 4.31. The molecule has 3 aromatic rings. The normalized spacial score (nSPS) is 17.8. The topological polar surface area (TPSA) is 75.7 Å². The fourth-order valence-electron chi connectivity index (χ4n) is 3.19. The number of pyridine rings is 1. The van der Waals surface area contributed by atoms with Crippen molar-refractivity contribution in [3.63, 3.8) is 0 Å². The first-order valence-electron chi connectivity index (χ1n) is 8.26. The van der Waals surface area contributed by atoms with Crippen molar-refractivity contribution in [3.8, 4) is 0 Å². The van der Waals surface area contributed by atoms with E-state index in [-0.39, 0.29) is 11.8 Å². The predicted octanol–water partition coefficient (Wildman–Crippen LogP) is 2.51. The second kappa shape index (κ2) is 6.76. The molecule has 8 heteroatoms. The van der Waals surface area contributed by atoms with Gasteiger partial charge < -0.3 is 14.6 Å². The van der Waals surface area contributed by atoms with E-state index in [9.17, 15) is 4.79 Å². The second-order valence-electron chi connectivity index (χ2n) is 6.13. The number of amides is 1. The maximum Gasteiger partial charge on any atom is 0.231 e. The van der Waals surface area contributed by atoms with Crippen molar-refractivity contribution in [1.82, 2.24) is 19.9 Å². The van der Waals surface area contributed by atoms with Gasteiger partial charge in [0, 0.05) is 19.3 Å². The maximum atomic E-state index is 12.5. The van der Waals surface area contributed by atoms with Crippen LogP contribution in [0.1, 0.15) is 18.6 Å². The van der Waals surface area contributed by atoms with Crippen molar-refractivity contribution in [3.05, 3.63) is 47.5 Å². The van der Waals surface area contributed by atoms with E-state index in [2.05, 4.69) is 20.4 Å². The number of piperidine rings is 1. The first-order chi connectivity index (χ1) is 12.2. The van der Waals surface area contributed by atoms with Crippen LogP contribution in [-0.2, 0) is 11.3 Å². The zero-order valence-corrected chi connectivity index (χ0v) is 14.3. The fourth-order valence-corrected chi connectivity index (χ4v) is 3.39. The van der Waals surface area contributed by atoms with Gasteiger partial charge in [-0.05, 0) is 37.1 Å². The van der Waals surface area contributed by atoms with E-state index in [1.807, 2.05) is 28.8 Å². The first-order valence-corrected chi connectivity index (χ1v) is 8.64. The van der Waals surface area contributed by atoms with E-state index in [1.54, 1.807) is 12.3 Å². The van der Waals surface area contributed by atoms with Crippen molar-refractivity contribution in [2.24, 2.45) is 5.92 Å². The highest BCUT2D eigenvalue weighted by atomic mass is 35.5. The maximum absolute atomic E-state index is 12.5. The van der Waals surface area contributed by atoms with Crippen LogP contribution in [0.15, 0.2) is 41.1 Å². The molecule has 1 unspecified atom stereocenters. The summed E-state index contributed by atoms with van der Waals surface area (Å²) in [6.07, 6.45) is 5.27. The summed E-state index contributed by atoms with van der Waals surface area (Å²) in [5, 5.41) is 11.9. The van der Waals surface area contributed by atoms with E-state index in [4.69, 9.17) is 16.0 Å². The average Bonchev–Trinajstić information content (AvgIpc) is 3.30. The number of nitrogens with zero attached hydrogens (tertiary/aromatic N) is 4. The quantitative estimate of drug-likeness (QED) is 0.774. The molecule has 3 aromatic heterocycles. The van der Waals surface area contributed by atoms with Crippen LogP contribution in [0.5, 0.6) is 0 Å². The molecule has 0 aromatic carbocycles. The molecule has 1 saturated heterocycles. The average molecular weight is 360 g/mol. The first kappa shape index (κ1) is 16.0. The zero-order chi connectivity index (χ0) is 17.2. The number of hydrogen-bond donors (Lipinski definition) is 1. The van der Waals surface area contributed by atoms with Gasteiger partial charge in [0.1, 0.15) is 5.76 Å². The van der Waals surface area contributed by atoms with Gasteiger partial charge in [-0.25, -0.2) is 0 Å². The molecule has 7 nitrogen and oxygen atoms in total. The summed E-state index contributed by atoms with van der Waals surface area (Å²) >= 11 is 6.16. The van der Waals surface area contributed by atoms with Gasteiger partial charge in [0.25, 0.3) is 0 Å². The highest BCUT2D eigenvalue weighted by molar-refractivity contribution is 6.33. The van der Waals surface area contributed by atoms with Gasteiger partial charge in [-0.3, -0.25) is 9.20 Å². The number of hydrogen-bond acceptors (Lipinski definition) is 5. The Bertz CT molecular complexity index is 876. The Morgan fingerprint density at radius 2 is 2.28 bits per heavy atom. The monoisotopic (exact) mass is 359 g/mol. The zero-order valence-electron chi connectivity index (χ0n) is 13.6. The van der Waals surface area contributed by atoms with Crippen LogP contribution in [0.3, 0.4) is 0 Å². The van der Waals surface area contributed by atoms with Crippen LogP contribution in [0.2, 0.25) is 5.02 Å². The molecule has 0 radical (unpaired) electrons. The van der Waals surface area contributed by atoms with E-state index >= 15 is 0 Å². The van der Waals surface area contributed by atoms with Crippen molar-refractivity contribution in [2.45, 2.75) is 19.4 Å². The van der Waals surface area contributed by atoms with Gasteiger partial charge in [0.15, 0.2) is 5.65 Å². The molecule has 0 bridgehead atoms. The number of furan rings is 1. The lowest BCUT2D eigenvalue weighted by atomic mass is 9.97. The third kappa shape index (κ3) is 3.19. The molecule has 1 aliphatic heterocycles. The standard InChI is InChI=1S/C17H18ClN5O2/c18-14-6-2-8-23-15(14)20-21-17(23)22-7-1-4-12(11-22)16(24)19-10-13-5-3-9-25-13/h2-3,5-6,8-9,12H,1,4,7,10-11H2,(H,19,24). The third-order valence-corrected chi connectivity index (χ3v) is 4.76. The molecule has 1 N–H and O–H groups in total. The largest absolute Gasteiger partial charge is 0.467 e. The van der Waals surface area contributed by atoms with Gasteiger partial charge in [-0.2, -0.15) is 0 Å². The Hall–Kier alpha value is -2.54. The van der Waals surface area contributed by atoms with E-state index in [0.717, 1.165) is 31.1 Å². The Morgan fingerprint density at radius 3 is 3.12 bits per heavy atom. The number of carbonyl (C=O) groups excluding carboxylic acids is 1. The van der Waals surface area contributed by atoms with Gasteiger partial charge in [0.05, 0.1) is 23.7 Å². The summed E-state index contributed by atoms with van der Waals surface area (Å²) in [4.78, 5) is 14.6. The van der Waals surface area contributed by atoms with Crippen LogP contribution >= 0.6 is 11.6 Å². The Balaban J connectivity index is 1.46. The molecular weight excluding hydrogens is 342 g/mol. The second-order valence-corrected chi connectivity index (χ2v) is 6.54. The number of carbonyl (C=O) groups is 1.